The SMILES string of the molecule is CC1CN(C(=O)c2c(F)ccc(I)c2F)CCN1. The number of hydrogen-bond donors (Lipinski definition) is 1. The lowest BCUT2D eigenvalue weighted by Gasteiger charge is -2.32. The maximum atomic E-state index is 13.9. The fourth-order valence-electron chi connectivity index (χ4n) is 2.00. The van der Waals surface area contributed by atoms with Gasteiger partial charge in [0.05, 0.1) is 0 Å². The Balaban J connectivity index is 2.31. The first kappa shape index (κ1) is 13.7. The molecule has 1 aromatic carbocycles. The molecule has 1 fully saturated rings. The molecule has 1 heterocycles. The highest BCUT2D eigenvalue weighted by Gasteiger charge is 2.27. The Kier molecular flexibility index (Phi) is 4.16. The van der Waals surface area contributed by atoms with Crippen LogP contribution in [0.3, 0.4) is 0 Å². The van der Waals surface area contributed by atoms with Gasteiger partial charge in [-0.15, -0.1) is 0 Å². The molecular formula is C12H13F2IN2O. The Morgan fingerprint density at radius 3 is 2.89 bits per heavy atom. The minimum atomic E-state index is -0.802. The lowest BCUT2D eigenvalue weighted by atomic mass is 10.1. The third kappa shape index (κ3) is 2.64. The zero-order valence-corrected chi connectivity index (χ0v) is 12.0. The van der Waals surface area contributed by atoms with Crippen molar-refractivity contribution in [2.45, 2.75) is 13.0 Å². The molecule has 0 aliphatic carbocycles. The molecule has 0 radical (unpaired) electrons. The molecular weight excluding hydrogens is 353 g/mol. The van der Waals surface area contributed by atoms with Crippen LogP contribution in [0.5, 0.6) is 0 Å². The van der Waals surface area contributed by atoms with E-state index in [1.165, 1.54) is 11.0 Å². The molecule has 1 unspecified atom stereocenters. The van der Waals surface area contributed by atoms with Gasteiger partial charge in [0, 0.05) is 29.2 Å². The van der Waals surface area contributed by atoms with Crippen LogP contribution in [0.4, 0.5) is 8.78 Å². The van der Waals surface area contributed by atoms with E-state index >= 15 is 0 Å². The molecule has 1 aliphatic heterocycles. The van der Waals surface area contributed by atoms with Crippen LogP contribution in [0.25, 0.3) is 0 Å². The number of halogens is 3. The maximum absolute atomic E-state index is 13.9. The second kappa shape index (κ2) is 5.48. The summed E-state index contributed by atoms with van der Waals surface area (Å²) in [6, 6.07) is 2.59. The molecule has 2 rings (SSSR count). The van der Waals surface area contributed by atoms with E-state index in [1.54, 1.807) is 22.6 Å². The molecule has 1 aromatic rings. The maximum Gasteiger partial charge on any atom is 0.259 e. The quantitative estimate of drug-likeness (QED) is 0.609. The first-order valence-corrected chi connectivity index (χ1v) is 6.74. The summed E-state index contributed by atoms with van der Waals surface area (Å²) in [6.45, 7) is 3.50. The van der Waals surface area contributed by atoms with E-state index in [4.69, 9.17) is 0 Å². The Hall–Kier alpha value is -0.760. The van der Waals surface area contributed by atoms with Gasteiger partial charge in [-0.05, 0) is 41.6 Å². The average molecular weight is 366 g/mol. The van der Waals surface area contributed by atoms with E-state index in [-0.39, 0.29) is 9.61 Å². The van der Waals surface area contributed by atoms with Crippen LogP contribution in [0.2, 0.25) is 0 Å². The lowest BCUT2D eigenvalue weighted by molar-refractivity contribution is 0.0699. The molecule has 0 bridgehead atoms. The predicted octanol–water partition coefficient (Wildman–Crippen LogP) is 2.00. The Labute approximate surface area is 118 Å². The number of rotatable bonds is 1. The molecule has 98 valence electrons. The van der Waals surface area contributed by atoms with Crippen LogP contribution < -0.4 is 5.32 Å². The summed E-state index contributed by atoms with van der Waals surface area (Å²) >= 11 is 1.75. The molecule has 1 N–H and O–H groups in total. The smallest absolute Gasteiger partial charge is 0.259 e. The number of carbonyl (C=O) groups excluding carboxylic acids is 1. The summed E-state index contributed by atoms with van der Waals surface area (Å²) in [5.74, 6) is -2.15. The van der Waals surface area contributed by atoms with E-state index in [0.717, 1.165) is 6.07 Å². The zero-order chi connectivity index (χ0) is 13.3. The van der Waals surface area contributed by atoms with E-state index in [1.807, 2.05) is 6.92 Å². The largest absolute Gasteiger partial charge is 0.336 e. The first-order chi connectivity index (χ1) is 8.50. The fraction of sp³-hybridized carbons (Fsp3) is 0.417. The minimum absolute atomic E-state index is 0.136. The number of amides is 1. The van der Waals surface area contributed by atoms with Crippen molar-refractivity contribution < 1.29 is 13.6 Å². The topological polar surface area (TPSA) is 32.3 Å². The van der Waals surface area contributed by atoms with Crippen LogP contribution in [0.1, 0.15) is 17.3 Å². The molecule has 1 amide bonds. The van der Waals surface area contributed by atoms with E-state index in [0.29, 0.717) is 19.6 Å². The Morgan fingerprint density at radius 1 is 1.50 bits per heavy atom. The Bertz CT molecular complexity index is 481. The molecule has 0 aromatic heterocycles. The third-order valence-electron chi connectivity index (χ3n) is 2.91. The second-order valence-corrected chi connectivity index (χ2v) is 5.49. The number of nitrogens with one attached hydrogen (secondary N) is 1. The van der Waals surface area contributed by atoms with Gasteiger partial charge in [-0.25, -0.2) is 8.78 Å². The number of hydrogen-bond acceptors (Lipinski definition) is 2. The molecule has 3 nitrogen and oxygen atoms in total. The summed E-state index contributed by atoms with van der Waals surface area (Å²) in [4.78, 5) is 13.6. The number of nitrogens with zero attached hydrogens (tertiary/aromatic N) is 1. The van der Waals surface area contributed by atoms with Crippen molar-refractivity contribution in [1.29, 1.82) is 0 Å². The Morgan fingerprint density at radius 2 is 2.22 bits per heavy atom. The molecule has 0 spiro atoms. The van der Waals surface area contributed by atoms with E-state index in [2.05, 4.69) is 5.32 Å². The summed E-state index contributed by atoms with van der Waals surface area (Å²) < 4.78 is 27.7. The third-order valence-corrected chi connectivity index (χ3v) is 3.75. The van der Waals surface area contributed by atoms with Crippen LogP contribution in [-0.2, 0) is 0 Å². The predicted molar refractivity (Wildman–Crippen MR) is 72.4 cm³/mol. The lowest BCUT2D eigenvalue weighted by Crippen LogP contribution is -2.51. The monoisotopic (exact) mass is 366 g/mol. The molecule has 1 saturated heterocycles. The fourth-order valence-corrected chi connectivity index (χ4v) is 2.45. The van der Waals surface area contributed by atoms with Gasteiger partial charge in [0.15, 0.2) is 5.82 Å². The van der Waals surface area contributed by atoms with Gasteiger partial charge in [0.25, 0.3) is 5.91 Å². The van der Waals surface area contributed by atoms with Crippen LogP contribution in [-0.4, -0.2) is 36.5 Å². The van der Waals surface area contributed by atoms with Gasteiger partial charge in [0.2, 0.25) is 0 Å². The van der Waals surface area contributed by atoms with E-state index in [9.17, 15) is 13.6 Å². The summed E-state index contributed by atoms with van der Waals surface area (Å²) in [5.41, 5.74) is -0.448. The van der Waals surface area contributed by atoms with Gasteiger partial charge in [-0.3, -0.25) is 4.79 Å². The molecule has 1 atom stereocenters. The van der Waals surface area contributed by atoms with Crippen molar-refractivity contribution >= 4 is 28.5 Å². The van der Waals surface area contributed by atoms with Crippen molar-refractivity contribution in [3.8, 4) is 0 Å². The van der Waals surface area contributed by atoms with E-state index < -0.39 is 23.1 Å². The van der Waals surface area contributed by atoms with Gasteiger partial charge < -0.3 is 10.2 Å². The normalized spacial score (nSPS) is 20.0. The number of benzene rings is 1. The van der Waals surface area contributed by atoms with Crippen molar-refractivity contribution in [2.24, 2.45) is 0 Å². The summed E-state index contributed by atoms with van der Waals surface area (Å²) in [5, 5.41) is 3.18. The zero-order valence-electron chi connectivity index (χ0n) is 9.84. The molecule has 1 aliphatic rings. The summed E-state index contributed by atoms with van der Waals surface area (Å²) in [6.07, 6.45) is 0. The average Bonchev–Trinajstić information content (AvgIpc) is 2.34. The highest BCUT2D eigenvalue weighted by Crippen LogP contribution is 2.20. The first-order valence-electron chi connectivity index (χ1n) is 5.67. The van der Waals surface area contributed by atoms with Crippen molar-refractivity contribution in [2.75, 3.05) is 19.6 Å². The molecule has 0 saturated carbocycles. The van der Waals surface area contributed by atoms with Crippen molar-refractivity contribution in [3.05, 3.63) is 32.9 Å². The molecule has 18 heavy (non-hydrogen) atoms. The van der Waals surface area contributed by atoms with Gasteiger partial charge >= 0.3 is 0 Å². The summed E-state index contributed by atoms with van der Waals surface area (Å²) in [7, 11) is 0. The number of piperazine rings is 1. The van der Waals surface area contributed by atoms with Gasteiger partial charge in [-0.1, -0.05) is 0 Å². The highest BCUT2D eigenvalue weighted by atomic mass is 127. The molecule has 6 heteroatoms. The van der Waals surface area contributed by atoms with Gasteiger partial charge in [-0.2, -0.15) is 0 Å². The highest BCUT2D eigenvalue weighted by molar-refractivity contribution is 14.1. The van der Waals surface area contributed by atoms with Crippen LogP contribution in [0, 0.1) is 15.2 Å². The second-order valence-electron chi connectivity index (χ2n) is 4.32. The standard InChI is InChI=1S/C12H13F2IN2O/c1-7-6-17(5-4-16-7)12(18)10-8(13)2-3-9(15)11(10)14/h2-3,7,16H,4-6H2,1H3. The number of carbonyl (C=O) groups is 1. The van der Waals surface area contributed by atoms with Crippen LogP contribution in [0.15, 0.2) is 12.1 Å². The van der Waals surface area contributed by atoms with Crippen molar-refractivity contribution in [1.82, 2.24) is 10.2 Å². The van der Waals surface area contributed by atoms with Crippen molar-refractivity contribution in [3.63, 3.8) is 0 Å². The van der Waals surface area contributed by atoms with Crippen LogP contribution >= 0.6 is 22.6 Å². The minimum Gasteiger partial charge on any atom is -0.336 e. The van der Waals surface area contributed by atoms with Gasteiger partial charge in [0.1, 0.15) is 11.4 Å².